The number of allylic oxidation sites excluding steroid dienone is 1. The Balaban J connectivity index is 1.78. The van der Waals surface area contributed by atoms with Gasteiger partial charge in [0.15, 0.2) is 0 Å². The molecule has 0 saturated heterocycles. The van der Waals surface area contributed by atoms with Crippen LogP contribution >= 0.6 is 23.4 Å². The Kier molecular flexibility index (Phi) is 7.05. The number of halogens is 2. The summed E-state index contributed by atoms with van der Waals surface area (Å²) in [6.07, 6.45) is 2.10. The minimum absolute atomic E-state index is 0.186. The largest absolute Gasteiger partial charge is 0.328 e. The minimum Gasteiger partial charge on any atom is -0.328 e. The number of benzene rings is 2. The fourth-order valence-corrected chi connectivity index (χ4v) is 4.93. The van der Waals surface area contributed by atoms with E-state index < -0.39 is 11.9 Å². The third-order valence-corrected chi connectivity index (χ3v) is 6.61. The van der Waals surface area contributed by atoms with E-state index in [1.54, 1.807) is 23.7 Å². The molecule has 0 spiro atoms. The van der Waals surface area contributed by atoms with E-state index in [4.69, 9.17) is 11.6 Å². The van der Waals surface area contributed by atoms with Gasteiger partial charge in [0.2, 0.25) is 11.1 Å². The molecule has 0 aliphatic carbocycles. The molecule has 1 atom stereocenters. The van der Waals surface area contributed by atoms with Crippen molar-refractivity contribution in [2.45, 2.75) is 44.8 Å². The predicted molar refractivity (Wildman–Crippen MR) is 131 cm³/mol. The smallest absolute Gasteiger partial charge is 0.255 e. The molecule has 0 bridgehead atoms. The zero-order valence-corrected chi connectivity index (χ0v) is 20.2. The van der Waals surface area contributed by atoms with Gasteiger partial charge in [0.1, 0.15) is 11.9 Å². The zero-order valence-electron chi connectivity index (χ0n) is 18.7. The van der Waals surface area contributed by atoms with Crippen molar-refractivity contribution in [1.82, 2.24) is 14.8 Å². The molecule has 1 aliphatic heterocycles. The van der Waals surface area contributed by atoms with E-state index in [1.165, 1.54) is 17.8 Å². The number of unbranched alkanes of at least 4 members (excludes halogenated alkanes) is 1. The van der Waals surface area contributed by atoms with E-state index >= 15 is 4.39 Å². The van der Waals surface area contributed by atoms with Crippen LogP contribution in [-0.2, 0) is 4.79 Å². The number of carbonyl (C=O) groups excluding carboxylic acids is 1. The molecule has 1 amide bonds. The molecule has 0 radical (unpaired) electrons. The molecule has 0 saturated carbocycles. The van der Waals surface area contributed by atoms with Crippen LogP contribution < -0.4 is 10.6 Å². The Labute approximate surface area is 201 Å². The van der Waals surface area contributed by atoms with Crippen LogP contribution in [0, 0.1) is 12.7 Å². The Morgan fingerprint density at radius 3 is 2.79 bits per heavy atom. The number of nitrogens with one attached hydrogen (secondary N) is 2. The molecule has 0 fully saturated rings. The second kappa shape index (κ2) is 9.97. The highest BCUT2D eigenvalue weighted by molar-refractivity contribution is 7.99. The first-order valence-electron chi connectivity index (χ1n) is 10.8. The lowest BCUT2D eigenvalue weighted by Crippen LogP contribution is -2.32. The average Bonchev–Trinajstić information content (AvgIpc) is 3.16. The van der Waals surface area contributed by atoms with Gasteiger partial charge < -0.3 is 10.6 Å². The number of nitrogens with zero attached hydrogens (tertiary/aromatic N) is 3. The van der Waals surface area contributed by atoms with E-state index in [0.717, 1.165) is 24.2 Å². The summed E-state index contributed by atoms with van der Waals surface area (Å²) in [7, 11) is 0. The molecule has 2 aromatic carbocycles. The molecule has 4 rings (SSSR count). The van der Waals surface area contributed by atoms with Crippen molar-refractivity contribution in [3.63, 3.8) is 0 Å². The Morgan fingerprint density at radius 1 is 1.27 bits per heavy atom. The Morgan fingerprint density at radius 2 is 2.06 bits per heavy atom. The molecular weight excluding hydrogens is 461 g/mol. The second-order valence-electron chi connectivity index (χ2n) is 7.89. The molecule has 3 aromatic rings. The zero-order chi connectivity index (χ0) is 23.5. The van der Waals surface area contributed by atoms with Crippen molar-refractivity contribution in [2.24, 2.45) is 0 Å². The van der Waals surface area contributed by atoms with Crippen molar-refractivity contribution in [1.29, 1.82) is 0 Å². The van der Waals surface area contributed by atoms with Crippen molar-refractivity contribution in [2.75, 3.05) is 16.4 Å². The van der Waals surface area contributed by atoms with Crippen LogP contribution in [0.1, 0.15) is 43.9 Å². The van der Waals surface area contributed by atoms with Gasteiger partial charge in [-0.1, -0.05) is 54.9 Å². The van der Waals surface area contributed by atoms with Crippen LogP contribution in [-0.4, -0.2) is 26.4 Å². The van der Waals surface area contributed by atoms with Crippen LogP contribution in [0.25, 0.3) is 0 Å². The average molecular weight is 486 g/mol. The predicted octanol–water partition coefficient (Wildman–Crippen LogP) is 6.20. The second-order valence-corrected chi connectivity index (χ2v) is 9.36. The molecule has 1 unspecified atom stereocenters. The number of anilines is 2. The van der Waals surface area contributed by atoms with Crippen molar-refractivity contribution < 1.29 is 9.18 Å². The first-order chi connectivity index (χ1) is 15.9. The maximum atomic E-state index is 15.1. The maximum Gasteiger partial charge on any atom is 0.255 e. The first kappa shape index (κ1) is 23.3. The van der Waals surface area contributed by atoms with Gasteiger partial charge in [-0.05, 0) is 50.1 Å². The van der Waals surface area contributed by atoms with E-state index in [0.29, 0.717) is 28.1 Å². The van der Waals surface area contributed by atoms with Crippen LogP contribution in [0.5, 0.6) is 0 Å². The first-order valence-corrected chi connectivity index (χ1v) is 12.1. The van der Waals surface area contributed by atoms with Gasteiger partial charge in [0, 0.05) is 27.7 Å². The third-order valence-electron chi connectivity index (χ3n) is 5.36. The lowest BCUT2D eigenvalue weighted by atomic mass is 9.94. The maximum absolute atomic E-state index is 15.1. The number of aryl methyl sites for hydroxylation is 1. The van der Waals surface area contributed by atoms with E-state index in [9.17, 15) is 4.79 Å². The number of fused-ring (bicyclic) bond motifs is 1. The normalized spacial score (nSPS) is 15.2. The molecule has 9 heteroatoms. The lowest BCUT2D eigenvalue weighted by Gasteiger charge is -2.29. The summed E-state index contributed by atoms with van der Waals surface area (Å²) in [4.78, 5) is 18.1. The topological polar surface area (TPSA) is 71.8 Å². The number of hydrogen-bond donors (Lipinski definition) is 2. The summed E-state index contributed by atoms with van der Waals surface area (Å²) < 4.78 is 16.7. The van der Waals surface area contributed by atoms with Gasteiger partial charge in [-0.3, -0.25) is 4.79 Å². The number of aromatic nitrogens is 3. The van der Waals surface area contributed by atoms with Crippen LogP contribution in [0.2, 0.25) is 5.02 Å². The molecule has 1 aliphatic rings. The molecule has 6 nitrogen and oxygen atoms in total. The summed E-state index contributed by atoms with van der Waals surface area (Å²) >= 11 is 7.99. The highest BCUT2D eigenvalue weighted by Crippen LogP contribution is 2.40. The highest BCUT2D eigenvalue weighted by atomic mass is 35.5. The number of rotatable bonds is 7. The summed E-state index contributed by atoms with van der Waals surface area (Å²) in [5, 5.41) is 11.5. The summed E-state index contributed by atoms with van der Waals surface area (Å²) in [5.74, 6) is 0.446. The van der Waals surface area contributed by atoms with Crippen molar-refractivity contribution in [3.05, 3.63) is 75.7 Å². The van der Waals surface area contributed by atoms with Crippen LogP contribution in [0.15, 0.2) is 58.9 Å². The molecule has 33 heavy (non-hydrogen) atoms. The molecular formula is C24H25ClFN5OS. The van der Waals surface area contributed by atoms with Crippen LogP contribution in [0.3, 0.4) is 0 Å². The monoisotopic (exact) mass is 485 g/mol. The standard InChI is InChI=1S/C24H25ClFN5OS/c1-4-5-12-33-24-29-23-27-15(3)19(22(32)28-16-9-6-8-14(2)13-16)21(31(23)30-24)20-17(25)10-7-11-18(20)26/h6-11,13,21H,4-5,12H2,1-3H3,(H,28,32)(H,27,29,30). The van der Waals surface area contributed by atoms with Crippen molar-refractivity contribution in [3.8, 4) is 0 Å². The van der Waals surface area contributed by atoms with Gasteiger partial charge in [-0.25, -0.2) is 9.07 Å². The molecule has 172 valence electrons. The quantitative estimate of drug-likeness (QED) is 0.308. The molecule has 2 heterocycles. The highest BCUT2D eigenvalue weighted by Gasteiger charge is 2.37. The van der Waals surface area contributed by atoms with Gasteiger partial charge in [0.25, 0.3) is 5.91 Å². The van der Waals surface area contributed by atoms with Crippen LogP contribution in [0.4, 0.5) is 16.0 Å². The fourth-order valence-electron chi connectivity index (χ4n) is 3.75. The van der Waals surface area contributed by atoms with E-state index in [2.05, 4.69) is 27.6 Å². The van der Waals surface area contributed by atoms with E-state index in [1.807, 2.05) is 31.2 Å². The minimum atomic E-state index is -0.868. The molecule has 2 N–H and O–H groups in total. The summed E-state index contributed by atoms with van der Waals surface area (Å²) in [6, 6.07) is 11.1. The molecule has 1 aromatic heterocycles. The third kappa shape index (κ3) is 4.91. The summed E-state index contributed by atoms with van der Waals surface area (Å²) in [6.45, 7) is 5.84. The SMILES string of the molecule is CCCCSc1nc2n(n1)C(c1c(F)cccc1Cl)C(C(=O)Nc1cccc(C)c1)=C(C)N2. The Hall–Kier alpha value is -2.84. The number of thioether (sulfide) groups is 1. The number of carbonyl (C=O) groups is 1. The van der Waals surface area contributed by atoms with Gasteiger partial charge in [-0.2, -0.15) is 4.98 Å². The number of amides is 1. The Bertz CT molecular complexity index is 1210. The summed E-state index contributed by atoms with van der Waals surface area (Å²) in [5.41, 5.74) is 2.74. The lowest BCUT2D eigenvalue weighted by molar-refractivity contribution is -0.113. The van der Waals surface area contributed by atoms with Gasteiger partial charge in [-0.15, -0.1) is 5.10 Å². The van der Waals surface area contributed by atoms with Gasteiger partial charge >= 0.3 is 0 Å². The van der Waals surface area contributed by atoms with Crippen molar-refractivity contribution >= 4 is 40.9 Å². The number of hydrogen-bond acceptors (Lipinski definition) is 5. The van der Waals surface area contributed by atoms with Gasteiger partial charge in [0.05, 0.1) is 5.57 Å². The fraction of sp³-hybridized carbons (Fsp3) is 0.292. The van der Waals surface area contributed by atoms with E-state index in [-0.39, 0.29) is 16.5 Å².